The van der Waals surface area contributed by atoms with Crippen molar-refractivity contribution in [2.45, 2.75) is 6.92 Å². The molecule has 0 fully saturated rings. The third-order valence-electron chi connectivity index (χ3n) is 2.82. The zero-order valence-electron chi connectivity index (χ0n) is 11.0. The Morgan fingerprint density at radius 3 is 2.60 bits per heavy atom. The summed E-state index contributed by atoms with van der Waals surface area (Å²) in [6, 6.07) is 7.06. The minimum Gasteiger partial charge on any atom is -0.478 e. The predicted molar refractivity (Wildman–Crippen MR) is 75.9 cm³/mol. The van der Waals surface area contributed by atoms with E-state index in [-0.39, 0.29) is 18.0 Å². The van der Waals surface area contributed by atoms with Crippen molar-refractivity contribution in [2.24, 2.45) is 0 Å². The number of pyridine rings is 1. The van der Waals surface area contributed by atoms with Crippen LogP contribution in [-0.2, 0) is 4.79 Å². The van der Waals surface area contributed by atoms with E-state index >= 15 is 0 Å². The Balaban J connectivity index is 2.33. The maximum atomic E-state index is 11.4. The minimum atomic E-state index is -1.02. The lowest BCUT2D eigenvalue weighted by molar-refractivity contribution is -0.119. The second kappa shape index (κ2) is 6.01. The van der Waals surface area contributed by atoms with Gasteiger partial charge in [0.2, 0.25) is 5.91 Å². The molecule has 6 nitrogen and oxygen atoms in total. The van der Waals surface area contributed by atoms with Crippen molar-refractivity contribution in [3.05, 3.63) is 36.0 Å². The van der Waals surface area contributed by atoms with E-state index < -0.39 is 5.97 Å². The van der Waals surface area contributed by atoms with Crippen LogP contribution in [0.15, 0.2) is 30.5 Å². The number of benzene rings is 1. The van der Waals surface area contributed by atoms with Crippen molar-refractivity contribution in [1.29, 1.82) is 0 Å². The number of hydrogen-bond donors (Lipinski definition) is 3. The highest BCUT2D eigenvalue weighted by atomic mass is 16.4. The van der Waals surface area contributed by atoms with Crippen LogP contribution in [0, 0.1) is 0 Å². The van der Waals surface area contributed by atoms with Gasteiger partial charge in [-0.05, 0) is 6.92 Å². The quantitative estimate of drug-likeness (QED) is 0.767. The fourth-order valence-corrected chi connectivity index (χ4v) is 1.93. The first-order valence-corrected chi connectivity index (χ1v) is 6.25. The Bertz CT molecular complexity index is 655. The number of carbonyl (C=O) groups excluding carboxylic acids is 1. The standard InChI is InChI=1S/C14H15N3O3/c1-2-15-12(18)8-17-13-10-6-4-3-5-9(10)11(7-16-13)14(19)20/h3-7H,2,8H2,1H3,(H,15,18)(H,16,17)(H,19,20). The molecule has 0 bridgehead atoms. The van der Waals surface area contributed by atoms with Gasteiger partial charge in [0.25, 0.3) is 0 Å². The zero-order valence-corrected chi connectivity index (χ0v) is 11.0. The fourth-order valence-electron chi connectivity index (χ4n) is 1.93. The molecule has 0 spiro atoms. The van der Waals surface area contributed by atoms with Crippen molar-refractivity contribution in [3.8, 4) is 0 Å². The summed E-state index contributed by atoms with van der Waals surface area (Å²) in [5, 5.41) is 16.0. The van der Waals surface area contributed by atoms with Gasteiger partial charge in [-0.3, -0.25) is 4.79 Å². The Morgan fingerprint density at radius 2 is 1.95 bits per heavy atom. The first-order chi connectivity index (χ1) is 9.63. The highest BCUT2D eigenvalue weighted by molar-refractivity contribution is 6.06. The number of aromatic nitrogens is 1. The van der Waals surface area contributed by atoms with Crippen LogP contribution in [0.3, 0.4) is 0 Å². The van der Waals surface area contributed by atoms with Crippen molar-refractivity contribution in [1.82, 2.24) is 10.3 Å². The van der Waals surface area contributed by atoms with Gasteiger partial charge in [-0.15, -0.1) is 0 Å². The van der Waals surface area contributed by atoms with Crippen LogP contribution in [0.5, 0.6) is 0 Å². The average molecular weight is 273 g/mol. The van der Waals surface area contributed by atoms with Gasteiger partial charge in [-0.2, -0.15) is 0 Å². The molecule has 2 aromatic rings. The molecule has 1 heterocycles. The summed E-state index contributed by atoms with van der Waals surface area (Å²) in [5.74, 6) is -0.665. The lowest BCUT2D eigenvalue weighted by Gasteiger charge is -2.10. The molecular formula is C14H15N3O3. The van der Waals surface area contributed by atoms with Crippen LogP contribution in [0.1, 0.15) is 17.3 Å². The van der Waals surface area contributed by atoms with E-state index in [4.69, 9.17) is 5.11 Å². The lowest BCUT2D eigenvalue weighted by Crippen LogP contribution is -2.29. The van der Waals surface area contributed by atoms with Gasteiger partial charge in [0, 0.05) is 23.5 Å². The average Bonchev–Trinajstić information content (AvgIpc) is 2.44. The maximum Gasteiger partial charge on any atom is 0.337 e. The van der Waals surface area contributed by atoms with E-state index in [0.29, 0.717) is 23.1 Å². The molecule has 1 aromatic heterocycles. The van der Waals surface area contributed by atoms with E-state index in [0.717, 1.165) is 0 Å². The molecule has 0 saturated heterocycles. The molecule has 0 unspecified atom stereocenters. The fraction of sp³-hybridized carbons (Fsp3) is 0.214. The molecule has 0 aliphatic heterocycles. The third kappa shape index (κ3) is 2.85. The van der Waals surface area contributed by atoms with Crippen LogP contribution in [0.2, 0.25) is 0 Å². The van der Waals surface area contributed by atoms with Crippen LogP contribution < -0.4 is 10.6 Å². The molecule has 20 heavy (non-hydrogen) atoms. The Morgan fingerprint density at radius 1 is 1.25 bits per heavy atom. The second-order valence-corrected chi connectivity index (χ2v) is 4.18. The molecule has 0 saturated carbocycles. The van der Waals surface area contributed by atoms with E-state index in [1.54, 1.807) is 24.3 Å². The zero-order chi connectivity index (χ0) is 14.5. The first-order valence-electron chi connectivity index (χ1n) is 6.25. The van der Waals surface area contributed by atoms with Gasteiger partial charge in [-0.25, -0.2) is 9.78 Å². The molecule has 104 valence electrons. The molecule has 6 heteroatoms. The third-order valence-corrected chi connectivity index (χ3v) is 2.82. The molecule has 0 aliphatic carbocycles. The van der Waals surface area contributed by atoms with Crippen LogP contribution >= 0.6 is 0 Å². The van der Waals surface area contributed by atoms with Gasteiger partial charge in [-0.1, -0.05) is 24.3 Å². The summed E-state index contributed by atoms with van der Waals surface area (Å²) in [7, 11) is 0. The first kappa shape index (κ1) is 13.8. The van der Waals surface area contributed by atoms with E-state index in [2.05, 4.69) is 15.6 Å². The maximum absolute atomic E-state index is 11.4. The molecule has 2 rings (SSSR count). The van der Waals surface area contributed by atoms with E-state index in [9.17, 15) is 9.59 Å². The number of aromatic carboxylic acids is 1. The van der Waals surface area contributed by atoms with Crippen molar-refractivity contribution in [2.75, 3.05) is 18.4 Å². The largest absolute Gasteiger partial charge is 0.478 e. The van der Waals surface area contributed by atoms with Crippen LogP contribution in [0.4, 0.5) is 5.82 Å². The lowest BCUT2D eigenvalue weighted by atomic mass is 10.1. The molecule has 0 radical (unpaired) electrons. The number of carbonyl (C=O) groups is 2. The molecule has 1 amide bonds. The number of nitrogens with one attached hydrogen (secondary N) is 2. The number of amides is 1. The normalized spacial score (nSPS) is 10.2. The number of likely N-dealkylation sites (N-methyl/N-ethyl adjacent to an activating group) is 1. The SMILES string of the molecule is CCNC(=O)CNc1ncc(C(=O)O)c2ccccc12. The number of hydrogen-bond acceptors (Lipinski definition) is 4. The summed E-state index contributed by atoms with van der Waals surface area (Å²) in [6.07, 6.45) is 1.30. The molecule has 1 aromatic carbocycles. The Hall–Kier alpha value is -2.63. The van der Waals surface area contributed by atoms with Gasteiger partial charge in [0.15, 0.2) is 0 Å². The highest BCUT2D eigenvalue weighted by Crippen LogP contribution is 2.24. The van der Waals surface area contributed by atoms with E-state index in [1.165, 1.54) is 6.20 Å². The predicted octanol–water partition coefficient (Wildman–Crippen LogP) is 1.48. The summed E-state index contributed by atoms with van der Waals surface area (Å²) >= 11 is 0. The summed E-state index contributed by atoms with van der Waals surface area (Å²) in [4.78, 5) is 26.7. The number of rotatable bonds is 5. The Kier molecular flexibility index (Phi) is 4.14. The summed E-state index contributed by atoms with van der Waals surface area (Å²) in [6.45, 7) is 2.50. The van der Waals surface area contributed by atoms with Gasteiger partial charge in [0.05, 0.1) is 12.1 Å². The number of carboxylic acids is 1. The van der Waals surface area contributed by atoms with Crippen LogP contribution in [0.25, 0.3) is 10.8 Å². The molecule has 0 atom stereocenters. The van der Waals surface area contributed by atoms with Crippen LogP contribution in [-0.4, -0.2) is 35.1 Å². The van der Waals surface area contributed by atoms with Crippen molar-refractivity contribution >= 4 is 28.5 Å². The number of carboxylic acid groups (broad SMARTS) is 1. The highest BCUT2D eigenvalue weighted by Gasteiger charge is 2.12. The summed E-state index contributed by atoms with van der Waals surface area (Å²) < 4.78 is 0. The minimum absolute atomic E-state index is 0.0945. The van der Waals surface area contributed by atoms with Gasteiger partial charge < -0.3 is 15.7 Å². The second-order valence-electron chi connectivity index (χ2n) is 4.18. The van der Waals surface area contributed by atoms with Gasteiger partial charge in [0.1, 0.15) is 5.82 Å². The number of anilines is 1. The van der Waals surface area contributed by atoms with Crippen molar-refractivity contribution in [3.63, 3.8) is 0 Å². The number of fused-ring (bicyclic) bond motifs is 1. The van der Waals surface area contributed by atoms with Gasteiger partial charge >= 0.3 is 5.97 Å². The molecule has 3 N–H and O–H groups in total. The van der Waals surface area contributed by atoms with E-state index in [1.807, 2.05) is 6.92 Å². The van der Waals surface area contributed by atoms with Crippen molar-refractivity contribution < 1.29 is 14.7 Å². The topological polar surface area (TPSA) is 91.3 Å². The smallest absolute Gasteiger partial charge is 0.337 e. The summed E-state index contributed by atoms with van der Waals surface area (Å²) in [5.41, 5.74) is 0.143. The number of nitrogens with zero attached hydrogens (tertiary/aromatic N) is 1. The molecular weight excluding hydrogens is 258 g/mol. The monoisotopic (exact) mass is 273 g/mol. The molecule has 0 aliphatic rings. The Labute approximate surface area is 115 Å².